The van der Waals surface area contributed by atoms with E-state index in [9.17, 15) is 17.6 Å². The standard InChI is InChI=1S/C13H19FN2O4S/c1-4-20-13(17)8-16(9(2)3)21(18,19)10-5-6-11(14)12(15)7-10/h5-7,9H,4,8,15H2,1-3H3. The Balaban J connectivity index is 3.15. The highest BCUT2D eigenvalue weighted by molar-refractivity contribution is 7.89. The summed E-state index contributed by atoms with van der Waals surface area (Å²) in [6, 6.07) is 2.66. The molecule has 0 atom stereocenters. The number of sulfonamides is 1. The molecular weight excluding hydrogens is 299 g/mol. The Labute approximate surface area is 123 Å². The number of esters is 1. The molecule has 21 heavy (non-hydrogen) atoms. The van der Waals surface area contributed by atoms with Gasteiger partial charge in [-0.3, -0.25) is 4.79 Å². The van der Waals surface area contributed by atoms with E-state index in [1.165, 1.54) is 0 Å². The van der Waals surface area contributed by atoms with Crippen LogP contribution in [0.5, 0.6) is 0 Å². The molecule has 1 aromatic carbocycles. The summed E-state index contributed by atoms with van der Waals surface area (Å²) in [6.45, 7) is 4.64. The molecule has 0 fully saturated rings. The molecule has 1 aromatic rings. The summed E-state index contributed by atoms with van der Waals surface area (Å²) in [5.74, 6) is -1.35. The van der Waals surface area contributed by atoms with Gasteiger partial charge in [-0.05, 0) is 39.0 Å². The van der Waals surface area contributed by atoms with Crippen molar-refractivity contribution in [3.05, 3.63) is 24.0 Å². The van der Waals surface area contributed by atoms with Gasteiger partial charge in [0, 0.05) is 6.04 Å². The van der Waals surface area contributed by atoms with Crippen molar-refractivity contribution in [2.75, 3.05) is 18.9 Å². The first-order valence-corrected chi connectivity index (χ1v) is 7.86. The van der Waals surface area contributed by atoms with Crippen molar-refractivity contribution in [3.63, 3.8) is 0 Å². The molecule has 0 aliphatic rings. The number of halogens is 1. The lowest BCUT2D eigenvalue weighted by molar-refractivity contribution is -0.143. The van der Waals surface area contributed by atoms with Crippen molar-refractivity contribution in [1.29, 1.82) is 0 Å². The molecule has 0 spiro atoms. The smallest absolute Gasteiger partial charge is 0.321 e. The van der Waals surface area contributed by atoms with Crippen LogP contribution in [0.2, 0.25) is 0 Å². The molecule has 0 heterocycles. The van der Waals surface area contributed by atoms with Crippen LogP contribution in [-0.2, 0) is 19.6 Å². The number of hydrogen-bond donors (Lipinski definition) is 1. The normalized spacial score (nSPS) is 11.9. The molecule has 0 radical (unpaired) electrons. The lowest BCUT2D eigenvalue weighted by Crippen LogP contribution is -2.41. The molecule has 0 bridgehead atoms. The SMILES string of the molecule is CCOC(=O)CN(C(C)C)S(=O)(=O)c1ccc(F)c(N)c1. The zero-order valence-electron chi connectivity index (χ0n) is 12.2. The third-order valence-corrected chi connectivity index (χ3v) is 4.76. The number of anilines is 1. The first kappa shape index (κ1) is 17.4. The zero-order valence-corrected chi connectivity index (χ0v) is 13.0. The van der Waals surface area contributed by atoms with Gasteiger partial charge in [-0.15, -0.1) is 0 Å². The second kappa shape index (κ2) is 6.86. The van der Waals surface area contributed by atoms with E-state index >= 15 is 0 Å². The van der Waals surface area contributed by atoms with Gasteiger partial charge in [0.2, 0.25) is 10.0 Å². The molecule has 2 N–H and O–H groups in total. The Morgan fingerprint density at radius 2 is 2.05 bits per heavy atom. The van der Waals surface area contributed by atoms with Gasteiger partial charge in [-0.1, -0.05) is 0 Å². The minimum atomic E-state index is -3.97. The first-order valence-electron chi connectivity index (χ1n) is 6.42. The third kappa shape index (κ3) is 4.15. The predicted molar refractivity (Wildman–Crippen MR) is 76.5 cm³/mol. The highest BCUT2D eigenvalue weighted by Gasteiger charge is 2.30. The largest absolute Gasteiger partial charge is 0.465 e. The Morgan fingerprint density at radius 3 is 2.52 bits per heavy atom. The number of rotatable bonds is 6. The van der Waals surface area contributed by atoms with E-state index in [-0.39, 0.29) is 17.2 Å². The van der Waals surface area contributed by atoms with E-state index in [2.05, 4.69) is 0 Å². The summed E-state index contributed by atoms with van der Waals surface area (Å²) in [7, 11) is -3.97. The van der Waals surface area contributed by atoms with Crippen molar-refractivity contribution in [2.45, 2.75) is 31.7 Å². The average molecular weight is 318 g/mol. The lowest BCUT2D eigenvalue weighted by atomic mass is 10.3. The highest BCUT2D eigenvalue weighted by atomic mass is 32.2. The summed E-state index contributed by atoms with van der Waals surface area (Å²) in [4.78, 5) is 11.4. The van der Waals surface area contributed by atoms with E-state index in [1.54, 1.807) is 20.8 Å². The molecular formula is C13H19FN2O4S. The molecule has 0 saturated carbocycles. The molecule has 0 saturated heterocycles. The van der Waals surface area contributed by atoms with Gasteiger partial charge in [0.05, 0.1) is 17.2 Å². The zero-order chi connectivity index (χ0) is 16.2. The Hall–Kier alpha value is -1.67. The van der Waals surface area contributed by atoms with Crippen LogP contribution >= 0.6 is 0 Å². The molecule has 0 aromatic heterocycles. The summed E-state index contributed by atoms with van der Waals surface area (Å²) in [5.41, 5.74) is 5.13. The van der Waals surface area contributed by atoms with Crippen LogP contribution < -0.4 is 5.73 Å². The summed E-state index contributed by atoms with van der Waals surface area (Å²) < 4.78 is 43.9. The number of carbonyl (C=O) groups is 1. The van der Waals surface area contributed by atoms with Crippen LogP contribution in [0.1, 0.15) is 20.8 Å². The van der Waals surface area contributed by atoms with Crippen LogP contribution in [0.25, 0.3) is 0 Å². The predicted octanol–water partition coefficient (Wildman–Crippen LogP) is 1.37. The molecule has 118 valence electrons. The fraction of sp³-hybridized carbons (Fsp3) is 0.462. The van der Waals surface area contributed by atoms with Gasteiger partial charge in [-0.2, -0.15) is 4.31 Å². The van der Waals surface area contributed by atoms with E-state index in [0.29, 0.717) is 0 Å². The Morgan fingerprint density at radius 1 is 1.43 bits per heavy atom. The van der Waals surface area contributed by atoms with Crippen LogP contribution in [0.15, 0.2) is 23.1 Å². The van der Waals surface area contributed by atoms with Crippen LogP contribution in [0, 0.1) is 5.82 Å². The number of ether oxygens (including phenoxy) is 1. The number of nitrogens with zero attached hydrogens (tertiary/aromatic N) is 1. The second-order valence-electron chi connectivity index (χ2n) is 4.63. The van der Waals surface area contributed by atoms with Gasteiger partial charge in [0.1, 0.15) is 12.4 Å². The van der Waals surface area contributed by atoms with Gasteiger partial charge in [-0.25, -0.2) is 12.8 Å². The van der Waals surface area contributed by atoms with Crippen LogP contribution in [-0.4, -0.2) is 37.9 Å². The van der Waals surface area contributed by atoms with E-state index < -0.39 is 34.4 Å². The molecule has 8 heteroatoms. The van der Waals surface area contributed by atoms with Crippen molar-refractivity contribution in [2.24, 2.45) is 0 Å². The number of carbonyl (C=O) groups excluding carboxylic acids is 1. The van der Waals surface area contributed by atoms with Crippen molar-refractivity contribution >= 4 is 21.7 Å². The maximum absolute atomic E-state index is 13.1. The topological polar surface area (TPSA) is 89.7 Å². The Bertz CT molecular complexity index is 617. The minimum Gasteiger partial charge on any atom is -0.465 e. The van der Waals surface area contributed by atoms with Gasteiger partial charge in [0.25, 0.3) is 0 Å². The maximum Gasteiger partial charge on any atom is 0.321 e. The fourth-order valence-corrected chi connectivity index (χ4v) is 3.31. The third-order valence-electron chi connectivity index (χ3n) is 2.74. The van der Waals surface area contributed by atoms with Crippen LogP contribution in [0.3, 0.4) is 0 Å². The monoisotopic (exact) mass is 318 g/mol. The van der Waals surface area contributed by atoms with Gasteiger partial charge >= 0.3 is 5.97 Å². The molecule has 0 aliphatic heterocycles. The van der Waals surface area contributed by atoms with Gasteiger partial charge < -0.3 is 10.5 Å². The number of nitrogens with two attached hydrogens (primary N) is 1. The minimum absolute atomic E-state index is 0.161. The second-order valence-corrected chi connectivity index (χ2v) is 6.52. The summed E-state index contributed by atoms with van der Waals surface area (Å²) in [6.07, 6.45) is 0. The van der Waals surface area contributed by atoms with Gasteiger partial charge in [0.15, 0.2) is 0 Å². The quantitative estimate of drug-likeness (QED) is 0.632. The van der Waals surface area contributed by atoms with Crippen molar-refractivity contribution in [3.8, 4) is 0 Å². The number of hydrogen-bond acceptors (Lipinski definition) is 5. The molecule has 6 nitrogen and oxygen atoms in total. The van der Waals surface area contributed by atoms with E-state index in [0.717, 1.165) is 22.5 Å². The number of benzene rings is 1. The van der Waals surface area contributed by atoms with Crippen molar-refractivity contribution in [1.82, 2.24) is 4.31 Å². The first-order chi connectivity index (χ1) is 9.70. The molecule has 0 amide bonds. The van der Waals surface area contributed by atoms with E-state index in [1.807, 2.05) is 0 Å². The van der Waals surface area contributed by atoms with Crippen LogP contribution in [0.4, 0.5) is 10.1 Å². The fourth-order valence-electron chi connectivity index (χ4n) is 1.70. The Kier molecular flexibility index (Phi) is 5.68. The molecule has 0 aliphatic carbocycles. The lowest BCUT2D eigenvalue weighted by Gasteiger charge is -2.25. The summed E-state index contributed by atoms with van der Waals surface area (Å²) >= 11 is 0. The van der Waals surface area contributed by atoms with Crippen molar-refractivity contribution < 1.29 is 22.3 Å². The summed E-state index contributed by atoms with van der Waals surface area (Å²) in [5, 5.41) is 0. The maximum atomic E-state index is 13.1. The molecule has 1 rings (SSSR count). The highest BCUT2D eigenvalue weighted by Crippen LogP contribution is 2.22. The molecule has 0 unspecified atom stereocenters. The van der Waals surface area contributed by atoms with E-state index in [4.69, 9.17) is 10.5 Å². The average Bonchev–Trinajstić information content (AvgIpc) is 2.38. The number of nitrogen functional groups attached to an aromatic ring is 1.